The molecule has 5 rings (SSSR count). The Morgan fingerprint density at radius 2 is 2.13 bits per heavy atom. The number of primary amides is 1. The molecular weight excluding hydrogens is 412 g/mol. The van der Waals surface area contributed by atoms with Gasteiger partial charge >= 0.3 is 6.09 Å². The summed E-state index contributed by atoms with van der Waals surface area (Å²) in [5, 5.41) is 3.01. The fraction of sp³-hybridized carbons (Fsp3) is 0.450. The highest BCUT2D eigenvalue weighted by molar-refractivity contribution is 5.90. The molecule has 3 N–H and O–H groups in total. The van der Waals surface area contributed by atoms with Crippen LogP contribution in [-0.4, -0.2) is 53.3 Å². The fourth-order valence-electron chi connectivity index (χ4n) is 3.97. The Balaban J connectivity index is 1.56. The van der Waals surface area contributed by atoms with Crippen LogP contribution in [-0.2, 0) is 15.1 Å². The van der Waals surface area contributed by atoms with Gasteiger partial charge in [0.25, 0.3) is 6.43 Å². The number of cyclic esters (lactones) is 1. The number of ether oxygens (including phenoxy) is 2. The molecule has 3 aliphatic rings. The van der Waals surface area contributed by atoms with Crippen molar-refractivity contribution in [2.24, 2.45) is 5.73 Å². The maximum Gasteiger partial charge on any atom is 0.416 e. The van der Waals surface area contributed by atoms with E-state index in [-0.39, 0.29) is 18.0 Å². The molecule has 1 saturated heterocycles. The molecule has 9 nitrogen and oxygen atoms in total. The van der Waals surface area contributed by atoms with Crippen LogP contribution in [0.15, 0.2) is 24.4 Å². The summed E-state index contributed by atoms with van der Waals surface area (Å²) in [4.78, 5) is 29.0. The smallest absolute Gasteiger partial charge is 0.416 e. The predicted molar refractivity (Wildman–Crippen MR) is 106 cm³/mol. The van der Waals surface area contributed by atoms with Gasteiger partial charge in [0.15, 0.2) is 5.82 Å². The number of nitrogens with two attached hydrogens (primary N) is 1. The van der Waals surface area contributed by atoms with Crippen molar-refractivity contribution >= 4 is 23.5 Å². The van der Waals surface area contributed by atoms with E-state index in [2.05, 4.69) is 10.3 Å². The van der Waals surface area contributed by atoms with E-state index in [9.17, 15) is 18.4 Å². The highest BCUT2D eigenvalue weighted by Gasteiger charge is 2.50. The highest BCUT2D eigenvalue weighted by atomic mass is 19.3. The van der Waals surface area contributed by atoms with Crippen LogP contribution < -0.4 is 20.7 Å². The van der Waals surface area contributed by atoms with Gasteiger partial charge in [-0.25, -0.2) is 23.5 Å². The average Bonchev–Trinajstić information content (AvgIpc) is 3.25. The first-order valence-corrected chi connectivity index (χ1v) is 9.96. The van der Waals surface area contributed by atoms with Crippen LogP contribution in [0.4, 0.5) is 25.1 Å². The van der Waals surface area contributed by atoms with Crippen molar-refractivity contribution in [2.45, 2.75) is 43.8 Å². The van der Waals surface area contributed by atoms with Gasteiger partial charge in [-0.3, -0.25) is 4.79 Å². The lowest BCUT2D eigenvalue weighted by molar-refractivity contribution is -0.118. The number of hydrogen-bond acceptors (Lipinski definition) is 6. The summed E-state index contributed by atoms with van der Waals surface area (Å²) in [5.74, 6) is 0.714. The van der Waals surface area contributed by atoms with Gasteiger partial charge in [-0.2, -0.15) is 0 Å². The van der Waals surface area contributed by atoms with Crippen molar-refractivity contribution in [1.82, 2.24) is 9.55 Å². The van der Waals surface area contributed by atoms with Gasteiger partial charge in [0, 0.05) is 18.0 Å². The summed E-state index contributed by atoms with van der Waals surface area (Å²) in [6.07, 6.45) is -0.268. The quantitative estimate of drug-likeness (QED) is 0.749. The molecule has 1 aromatic carbocycles. The molecule has 2 atom stereocenters. The molecule has 1 unspecified atom stereocenters. The van der Waals surface area contributed by atoms with Crippen LogP contribution in [0.2, 0.25) is 0 Å². The summed E-state index contributed by atoms with van der Waals surface area (Å²) in [6.45, 7) is 1.65. The topological polar surface area (TPSA) is 112 Å². The van der Waals surface area contributed by atoms with Crippen molar-refractivity contribution in [2.75, 3.05) is 23.4 Å². The third-order valence-corrected chi connectivity index (χ3v) is 6.00. The number of aromatic nitrogens is 2. The first-order chi connectivity index (χ1) is 14.8. The summed E-state index contributed by atoms with van der Waals surface area (Å²) >= 11 is 0. The maximum atomic E-state index is 13.4. The Morgan fingerprint density at radius 1 is 1.35 bits per heavy atom. The zero-order valence-electron chi connectivity index (χ0n) is 16.7. The van der Waals surface area contributed by atoms with Crippen LogP contribution >= 0.6 is 0 Å². The largest absolute Gasteiger partial charge is 0.490 e. The first-order valence-electron chi connectivity index (χ1n) is 9.96. The molecule has 164 valence electrons. The zero-order chi connectivity index (χ0) is 21.9. The number of hydrogen-bond donors (Lipinski definition) is 2. The van der Waals surface area contributed by atoms with Gasteiger partial charge < -0.3 is 25.1 Å². The lowest BCUT2D eigenvalue weighted by atomic mass is 10.1. The molecule has 1 saturated carbocycles. The Bertz CT molecular complexity index is 1070. The molecule has 2 aromatic rings. The molecule has 3 heterocycles. The minimum absolute atomic E-state index is 0.131. The number of carbonyl (C=O) groups excluding carboxylic acids is 2. The standard InChI is InChI=1S/C20H21F2N5O4/c1-10(17(23)28)24-11-2-3-12-14(6-11)31-9-20(4-5-20)26-7-15(25-18(12)26)27-13(16(21)22)8-30-19(27)29/h2-3,6-7,10,13,16,24H,4-5,8-9H2,1H3,(H2,23,28)/t10?,13-/m0/s1. The van der Waals surface area contributed by atoms with Gasteiger partial charge in [0.1, 0.15) is 36.9 Å². The SMILES string of the molecule is CC(Nc1ccc2c(c1)OCC1(CC1)n1cc(N3C(=O)OC[C@H]3C(F)F)nc1-2)C(N)=O. The molecule has 2 amide bonds. The van der Waals surface area contributed by atoms with Crippen molar-refractivity contribution in [3.8, 4) is 17.1 Å². The van der Waals surface area contributed by atoms with Gasteiger partial charge in [-0.1, -0.05) is 0 Å². The van der Waals surface area contributed by atoms with Gasteiger partial charge in [-0.15, -0.1) is 0 Å². The number of halogens is 2. The van der Waals surface area contributed by atoms with Gasteiger partial charge in [0.05, 0.1) is 11.1 Å². The number of benzene rings is 1. The maximum absolute atomic E-state index is 13.4. The number of carbonyl (C=O) groups is 2. The second-order valence-corrected chi connectivity index (χ2v) is 8.13. The molecule has 11 heteroatoms. The Hall–Kier alpha value is -3.37. The van der Waals surface area contributed by atoms with Crippen molar-refractivity contribution < 1.29 is 27.8 Å². The second kappa shape index (κ2) is 6.82. The van der Waals surface area contributed by atoms with E-state index in [0.29, 0.717) is 29.4 Å². The zero-order valence-corrected chi connectivity index (χ0v) is 16.7. The summed E-state index contributed by atoms with van der Waals surface area (Å²) in [6, 6.07) is 3.35. The number of nitrogens with one attached hydrogen (secondary N) is 1. The van der Waals surface area contributed by atoms with E-state index in [1.165, 1.54) is 0 Å². The first kappa shape index (κ1) is 19.6. The van der Waals surface area contributed by atoms with E-state index in [1.54, 1.807) is 31.3 Å². The summed E-state index contributed by atoms with van der Waals surface area (Å²) in [7, 11) is 0. The Kier molecular flexibility index (Phi) is 4.31. The van der Waals surface area contributed by atoms with Crippen LogP contribution in [0.3, 0.4) is 0 Å². The lowest BCUT2D eigenvalue weighted by Crippen LogP contribution is -2.39. The van der Waals surface area contributed by atoms with Crippen LogP contribution in [0.5, 0.6) is 5.75 Å². The van der Waals surface area contributed by atoms with Crippen molar-refractivity contribution in [3.63, 3.8) is 0 Å². The third-order valence-electron chi connectivity index (χ3n) is 6.00. The lowest BCUT2D eigenvalue weighted by Gasteiger charge is -2.19. The second-order valence-electron chi connectivity index (χ2n) is 8.13. The Labute approximate surface area is 176 Å². The highest BCUT2D eigenvalue weighted by Crippen LogP contribution is 2.50. The monoisotopic (exact) mass is 433 g/mol. The van der Waals surface area contributed by atoms with Gasteiger partial charge in [0.2, 0.25) is 5.91 Å². The number of alkyl halides is 2. The third kappa shape index (κ3) is 3.15. The van der Waals surface area contributed by atoms with E-state index >= 15 is 0 Å². The fourth-order valence-corrected chi connectivity index (χ4v) is 3.97. The molecule has 0 radical (unpaired) electrons. The molecule has 0 bridgehead atoms. The number of nitrogens with zero attached hydrogens (tertiary/aromatic N) is 3. The van der Waals surface area contributed by atoms with Crippen LogP contribution in [0.25, 0.3) is 11.4 Å². The number of imidazole rings is 1. The molecule has 1 aromatic heterocycles. The molecule has 2 aliphatic heterocycles. The minimum Gasteiger partial charge on any atom is -0.490 e. The molecular formula is C20H21F2N5O4. The summed E-state index contributed by atoms with van der Waals surface area (Å²) < 4.78 is 39.7. The molecule has 31 heavy (non-hydrogen) atoms. The predicted octanol–water partition coefficient (Wildman–Crippen LogP) is 2.31. The van der Waals surface area contributed by atoms with Crippen LogP contribution in [0.1, 0.15) is 19.8 Å². The summed E-state index contributed by atoms with van der Waals surface area (Å²) in [5.41, 5.74) is 6.29. The van der Waals surface area contributed by atoms with Crippen molar-refractivity contribution in [1.29, 1.82) is 0 Å². The Morgan fingerprint density at radius 3 is 2.81 bits per heavy atom. The molecule has 2 fully saturated rings. The molecule has 1 aliphatic carbocycles. The number of anilines is 2. The van der Waals surface area contributed by atoms with E-state index < -0.39 is 30.5 Å². The minimum atomic E-state index is -2.75. The van der Waals surface area contributed by atoms with E-state index in [1.807, 2.05) is 4.57 Å². The van der Waals surface area contributed by atoms with Crippen LogP contribution in [0, 0.1) is 0 Å². The van der Waals surface area contributed by atoms with E-state index in [0.717, 1.165) is 17.7 Å². The van der Waals surface area contributed by atoms with Crippen molar-refractivity contribution in [3.05, 3.63) is 24.4 Å². The molecule has 1 spiro atoms. The number of fused-ring (bicyclic) bond motifs is 4. The average molecular weight is 433 g/mol. The normalized spacial score (nSPS) is 21.7. The van der Waals surface area contributed by atoms with Gasteiger partial charge in [-0.05, 0) is 31.9 Å². The number of amides is 2. The van der Waals surface area contributed by atoms with E-state index in [4.69, 9.17) is 15.2 Å². The number of rotatable bonds is 5.